The van der Waals surface area contributed by atoms with Gasteiger partial charge in [0.2, 0.25) is 0 Å². The van der Waals surface area contributed by atoms with Crippen LogP contribution in [0, 0.1) is 0 Å². The van der Waals surface area contributed by atoms with Gasteiger partial charge in [0.15, 0.2) is 0 Å². The lowest BCUT2D eigenvalue weighted by molar-refractivity contribution is -0.103. The number of hydrogen-bond donors (Lipinski definition) is 1. The molecule has 0 bridgehead atoms. The molecule has 0 spiro atoms. The Hall–Kier alpha value is -2.53. The molecule has 0 radical (unpaired) electrons. The molecule has 1 N–H and O–H groups in total. The summed E-state index contributed by atoms with van der Waals surface area (Å²) in [5, 5.41) is 1.20. The van der Waals surface area contributed by atoms with Crippen molar-refractivity contribution >= 4 is 52.5 Å². The van der Waals surface area contributed by atoms with Crippen LogP contribution in [0.1, 0.15) is 11.3 Å². The van der Waals surface area contributed by atoms with Crippen LogP contribution in [-0.2, 0) is 4.79 Å². The molecule has 1 aliphatic rings. The Balaban J connectivity index is 2.24. The van der Waals surface area contributed by atoms with Crippen molar-refractivity contribution < 1.29 is 4.79 Å². The Morgan fingerprint density at radius 1 is 1.48 bits per heavy atom. The van der Waals surface area contributed by atoms with Gasteiger partial charge in [-0.05, 0) is 0 Å². The summed E-state index contributed by atoms with van der Waals surface area (Å²) < 4.78 is 0. The topological polar surface area (TPSA) is 70.5 Å². The number of fused-ring (bicyclic) bond motifs is 1. The second-order valence-corrected chi connectivity index (χ2v) is 4.88. The van der Waals surface area contributed by atoms with Crippen LogP contribution in [0.3, 0.4) is 0 Å². The largest absolute Gasteiger partial charge is 0.359 e. The maximum absolute atomic E-state index is 11.0. The molecular formula is C15H11ClN4O. The number of hydrogen-bond acceptors (Lipinski definition) is 4. The summed E-state index contributed by atoms with van der Waals surface area (Å²) in [6.45, 7) is 4.27. The molecule has 0 fully saturated rings. The molecule has 0 atom stereocenters. The van der Waals surface area contributed by atoms with Crippen molar-refractivity contribution in [1.29, 1.82) is 0 Å². The highest BCUT2D eigenvalue weighted by Gasteiger charge is 2.16. The average molecular weight is 299 g/mol. The van der Waals surface area contributed by atoms with Crippen molar-refractivity contribution in [3.05, 3.63) is 41.3 Å². The van der Waals surface area contributed by atoms with E-state index in [-0.39, 0.29) is 0 Å². The zero-order valence-corrected chi connectivity index (χ0v) is 11.8. The van der Waals surface area contributed by atoms with Crippen LogP contribution in [0.25, 0.3) is 22.0 Å². The Morgan fingerprint density at radius 3 is 3.14 bits per heavy atom. The SMILES string of the molecule is C=C(C=O)c1c[nH]c2c(C3=CCN=CN=C3)ncc(Cl)c12. The summed E-state index contributed by atoms with van der Waals surface area (Å²) in [6.07, 6.45) is 9.11. The lowest BCUT2D eigenvalue weighted by Crippen LogP contribution is -1.94. The van der Waals surface area contributed by atoms with Crippen LogP contribution in [0.2, 0.25) is 5.02 Å². The second-order valence-electron chi connectivity index (χ2n) is 4.47. The first-order chi connectivity index (χ1) is 10.2. The summed E-state index contributed by atoms with van der Waals surface area (Å²) in [5.41, 5.74) is 3.36. The molecule has 5 nitrogen and oxygen atoms in total. The van der Waals surface area contributed by atoms with E-state index in [0.29, 0.717) is 34.7 Å². The Kier molecular flexibility index (Phi) is 3.50. The van der Waals surface area contributed by atoms with Crippen molar-refractivity contribution in [3.63, 3.8) is 0 Å². The van der Waals surface area contributed by atoms with Gasteiger partial charge < -0.3 is 4.98 Å². The molecule has 0 unspecified atom stereocenters. The van der Waals surface area contributed by atoms with Crippen molar-refractivity contribution in [2.45, 2.75) is 0 Å². The van der Waals surface area contributed by atoms with Crippen molar-refractivity contribution in [2.24, 2.45) is 9.98 Å². The van der Waals surface area contributed by atoms with Crippen molar-refractivity contribution in [1.82, 2.24) is 9.97 Å². The highest BCUT2D eigenvalue weighted by Crippen LogP contribution is 2.33. The number of carbonyl (C=O) groups is 1. The number of aromatic amines is 1. The summed E-state index contributed by atoms with van der Waals surface area (Å²) >= 11 is 6.23. The average Bonchev–Trinajstić information content (AvgIpc) is 2.77. The van der Waals surface area contributed by atoms with Crippen LogP contribution in [-0.4, -0.2) is 35.4 Å². The monoisotopic (exact) mass is 298 g/mol. The van der Waals surface area contributed by atoms with Crippen molar-refractivity contribution in [3.8, 4) is 0 Å². The maximum Gasteiger partial charge on any atom is 0.150 e. The second kappa shape index (κ2) is 5.46. The fourth-order valence-corrected chi connectivity index (χ4v) is 2.46. The molecule has 3 heterocycles. The van der Waals surface area contributed by atoms with Crippen LogP contribution in [0.15, 0.2) is 35.0 Å². The summed E-state index contributed by atoms with van der Waals surface area (Å²) in [7, 11) is 0. The number of nitrogens with zero attached hydrogens (tertiary/aromatic N) is 3. The Labute approximate surface area is 125 Å². The molecule has 104 valence electrons. The first-order valence-corrected chi connectivity index (χ1v) is 6.62. The van der Waals surface area contributed by atoms with Gasteiger partial charge >= 0.3 is 0 Å². The van der Waals surface area contributed by atoms with Gasteiger partial charge in [-0.15, -0.1) is 0 Å². The third-order valence-electron chi connectivity index (χ3n) is 3.20. The van der Waals surface area contributed by atoms with E-state index in [2.05, 4.69) is 26.5 Å². The quantitative estimate of drug-likeness (QED) is 0.699. The minimum Gasteiger partial charge on any atom is -0.359 e. The van der Waals surface area contributed by atoms with Crippen LogP contribution >= 0.6 is 11.6 Å². The Morgan fingerprint density at radius 2 is 2.33 bits per heavy atom. The molecule has 0 aliphatic carbocycles. The molecule has 0 saturated carbocycles. The molecule has 1 aliphatic heterocycles. The normalized spacial score (nSPS) is 14.0. The van der Waals surface area contributed by atoms with Gasteiger partial charge in [0.1, 0.15) is 12.6 Å². The highest BCUT2D eigenvalue weighted by molar-refractivity contribution is 6.37. The van der Waals surface area contributed by atoms with Gasteiger partial charge in [-0.3, -0.25) is 14.8 Å². The van der Waals surface area contributed by atoms with Gasteiger partial charge in [0.25, 0.3) is 0 Å². The van der Waals surface area contributed by atoms with E-state index < -0.39 is 0 Å². The molecule has 0 aromatic carbocycles. The molecule has 21 heavy (non-hydrogen) atoms. The number of halogens is 1. The number of H-pyrrole nitrogens is 1. The minimum absolute atomic E-state index is 0.368. The van der Waals surface area contributed by atoms with E-state index in [4.69, 9.17) is 11.6 Å². The fraction of sp³-hybridized carbons (Fsp3) is 0.0667. The zero-order valence-electron chi connectivity index (χ0n) is 11.0. The lowest BCUT2D eigenvalue weighted by atomic mass is 10.1. The fourth-order valence-electron chi connectivity index (χ4n) is 2.21. The summed E-state index contributed by atoms with van der Waals surface area (Å²) in [6, 6.07) is 0. The molecule has 3 rings (SSSR count). The van der Waals surface area contributed by atoms with Gasteiger partial charge in [-0.25, -0.2) is 4.99 Å². The third-order valence-corrected chi connectivity index (χ3v) is 3.49. The number of pyridine rings is 1. The number of allylic oxidation sites excluding steroid dienone is 2. The molecule has 2 aromatic rings. The predicted octanol–water partition coefficient (Wildman–Crippen LogP) is 2.92. The number of nitrogens with one attached hydrogen (secondary N) is 1. The molecule has 6 heteroatoms. The van der Waals surface area contributed by atoms with Crippen LogP contribution < -0.4 is 0 Å². The molecule has 0 amide bonds. The number of aliphatic imine (C=N–C) groups is 2. The first kappa shape index (κ1) is 13.5. The smallest absolute Gasteiger partial charge is 0.150 e. The molecule has 0 saturated heterocycles. The summed E-state index contributed by atoms with van der Waals surface area (Å²) in [4.78, 5) is 26.6. The number of carbonyl (C=O) groups excluding carboxylic acids is 1. The van der Waals surface area contributed by atoms with Gasteiger partial charge in [-0.1, -0.05) is 24.3 Å². The van der Waals surface area contributed by atoms with E-state index in [1.165, 1.54) is 6.34 Å². The highest BCUT2D eigenvalue weighted by atomic mass is 35.5. The standard InChI is InChI=1S/C15H11ClN4O/c1-9(7-21)11-5-19-15-13(11)12(16)6-20-14(15)10-2-3-17-8-18-4-10/h2,4-8,19H,1,3H2. The summed E-state index contributed by atoms with van der Waals surface area (Å²) in [5.74, 6) is 0. The number of aromatic nitrogens is 2. The van der Waals surface area contributed by atoms with E-state index in [1.807, 2.05) is 6.08 Å². The van der Waals surface area contributed by atoms with Gasteiger partial charge in [0, 0.05) is 40.7 Å². The van der Waals surface area contributed by atoms with E-state index in [9.17, 15) is 4.79 Å². The minimum atomic E-state index is 0.368. The Bertz CT molecular complexity index is 830. The van der Waals surface area contributed by atoms with Crippen LogP contribution in [0.5, 0.6) is 0 Å². The molecular weight excluding hydrogens is 288 g/mol. The molecule has 2 aromatic heterocycles. The third kappa shape index (κ3) is 2.32. The van der Waals surface area contributed by atoms with E-state index in [1.54, 1.807) is 18.6 Å². The maximum atomic E-state index is 11.0. The van der Waals surface area contributed by atoms with E-state index in [0.717, 1.165) is 16.5 Å². The van der Waals surface area contributed by atoms with Crippen LogP contribution in [0.4, 0.5) is 0 Å². The number of rotatable bonds is 3. The predicted molar refractivity (Wildman–Crippen MR) is 86.0 cm³/mol. The van der Waals surface area contributed by atoms with E-state index >= 15 is 0 Å². The van der Waals surface area contributed by atoms with Crippen molar-refractivity contribution in [2.75, 3.05) is 6.54 Å². The van der Waals surface area contributed by atoms with Gasteiger partial charge in [-0.2, -0.15) is 0 Å². The lowest BCUT2D eigenvalue weighted by Gasteiger charge is -2.05. The van der Waals surface area contributed by atoms with Gasteiger partial charge in [0.05, 0.1) is 22.8 Å². The zero-order chi connectivity index (χ0) is 14.8. The first-order valence-electron chi connectivity index (χ1n) is 6.24. The number of aldehydes is 1.